The number of hydrogen-bond donors (Lipinski definition) is 2. The first-order valence-electron chi connectivity index (χ1n) is 6.42. The van der Waals surface area contributed by atoms with Crippen LogP contribution in [0, 0.1) is 5.92 Å². The summed E-state index contributed by atoms with van der Waals surface area (Å²) in [6.07, 6.45) is 0.605. The van der Waals surface area contributed by atoms with E-state index in [1.54, 1.807) is 0 Å². The Morgan fingerprint density at radius 3 is 2.67 bits per heavy atom. The van der Waals surface area contributed by atoms with E-state index in [9.17, 15) is 13.6 Å². The summed E-state index contributed by atoms with van der Waals surface area (Å²) in [5.74, 6) is 0.230. The summed E-state index contributed by atoms with van der Waals surface area (Å²) in [5.41, 5.74) is 5.49. The lowest BCUT2D eigenvalue weighted by molar-refractivity contribution is -0.122. The van der Waals surface area contributed by atoms with Gasteiger partial charge in [-0.3, -0.25) is 4.79 Å². The first-order chi connectivity index (χ1) is 8.60. The molecule has 1 atom stereocenters. The number of nitrogens with two attached hydrogens (primary N) is 1. The standard InChI is InChI=1S/C12H24F2N2O2/c1-2-3-10(4-6-15)8-16-12(17)5-7-18-9-11(13)14/h10-11H,2-9,15H2,1H3,(H,16,17). The number of alkyl halides is 2. The van der Waals surface area contributed by atoms with E-state index in [1.165, 1.54) is 0 Å². The smallest absolute Gasteiger partial charge is 0.261 e. The predicted octanol–water partition coefficient (Wildman–Crippen LogP) is 1.54. The van der Waals surface area contributed by atoms with E-state index >= 15 is 0 Å². The molecule has 0 radical (unpaired) electrons. The maximum Gasteiger partial charge on any atom is 0.261 e. The average Bonchev–Trinajstić information content (AvgIpc) is 2.32. The summed E-state index contributed by atoms with van der Waals surface area (Å²) in [7, 11) is 0. The van der Waals surface area contributed by atoms with Gasteiger partial charge in [-0.25, -0.2) is 8.78 Å². The van der Waals surface area contributed by atoms with Crippen molar-refractivity contribution in [2.24, 2.45) is 11.7 Å². The molecule has 0 spiro atoms. The van der Waals surface area contributed by atoms with Crippen molar-refractivity contribution < 1.29 is 18.3 Å². The summed E-state index contributed by atoms with van der Waals surface area (Å²) >= 11 is 0. The SMILES string of the molecule is CCCC(CCN)CNC(=O)CCOCC(F)F. The second-order valence-corrected chi connectivity index (χ2v) is 4.25. The molecule has 1 unspecified atom stereocenters. The minimum Gasteiger partial charge on any atom is -0.375 e. The lowest BCUT2D eigenvalue weighted by Crippen LogP contribution is -2.31. The minimum atomic E-state index is -2.48. The molecule has 0 aliphatic carbocycles. The first-order valence-corrected chi connectivity index (χ1v) is 6.42. The number of ether oxygens (including phenoxy) is 1. The largest absolute Gasteiger partial charge is 0.375 e. The number of amides is 1. The normalized spacial score (nSPS) is 12.7. The second kappa shape index (κ2) is 11.3. The Morgan fingerprint density at radius 2 is 2.11 bits per heavy atom. The van der Waals surface area contributed by atoms with Gasteiger partial charge >= 0.3 is 0 Å². The van der Waals surface area contributed by atoms with Crippen molar-refractivity contribution in [2.75, 3.05) is 26.3 Å². The van der Waals surface area contributed by atoms with Crippen molar-refractivity contribution in [1.29, 1.82) is 0 Å². The molecule has 3 N–H and O–H groups in total. The van der Waals surface area contributed by atoms with E-state index in [0.29, 0.717) is 19.0 Å². The molecule has 0 aromatic rings. The number of hydrogen-bond acceptors (Lipinski definition) is 3. The van der Waals surface area contributed by atoms with Crippen molar-refractivity contribution in [2.45, 2.75) is 39.0 Å². The third-order valence-corrected chi connectivity index (χ3v) is 2.58. The van der Waals surface area contributed by atoms with Gasteiger partial charge in [0, 0.05) is 13.0 Å². The van der Waals surface area contributed by atoms with E-state index in [-0.39, 0.29) is 18.9 Å². The van der Waals surface area contributed by atoms with Crippen molar-refractivity contribution in [3.8, 4) is 0 Å². The second-order valence-electron chi connectivity index (χ2n) is 4.25. The topological polar surface area (TPSA) is 64.3 Å². The average molecular weight is 266 g/mol. The Bertz CT molecular complexity index is 210. The van der Waals surface area contributed by atoms with Gasteiger partial charge in [-0.1, -0.05) is 13.3 Å². The van der Waals surface area contributed by atoms with E-state index in [4.69, 9.17) is 5.73 Å². The maximum atomic E-state index is 11.7. The highest BCUT2D eigenvalue weighted by atomic mass is 19.3. The number of carbonyl (C=O) groups is 1. The van der Waals surface area contributed by atoms with Gasteiger partial charge in [0.1, 0.15) is 6.61 Å². The highest BCUT2D eigenvalue weighted by Gasteiger charge is 2.09. The molecule has 0 saturated heterocycles. The Morgan fingerprint density at radius 1 is 1.39 bits per heavy atom. The molecule has 4 nitrogen and oxygen atoms in total. The van der Waals surface area contributed by atoms with Crippen LogP contribution in [0.3, 0.4) is 0 Å². The van der Waals surface area contributed by atoms with E-state index < -0.39 is 13.0 Å². The van der Waals surface area contributed by atoms with Crippen molar-refractivity contribution in [1.82, 2.24) is 5.32 Å². The lowest BCUT2D eigenvalue weighted by Gasteiger charge is -2.15. The Balaban J connectivity index is 3.60. The molecule has 18 heavy (non-hydrogen) atoms. The maximum absolute atomic E-state index is 11.7. The van der Waals surface area contributed by atoms with Crippen LogP contribution in [0.1, 0.15) is 32.6 Å². The molecule has 0 saturated carbocycles. The molecule has 1 amide bonds. The third-order valence-electron chi connectivity index (χ3n) is 2.58. The van der Waals surface area contributed by atoms with Crippen LogP contribution >= 0.6 is 0 Å². The molecule has 0 bridgehead atoms. The van der Waals surface area contributed by atoms with Gasteiger partial charge in [-0.2, -0.15) is 0 Å². The molecular formula is C12H24F2N2O2. The monoisotopic (exact) mass is 266 g/mol. The molecule has 0 aromatic heterocycles. The van der Waals surface area contributed by atoms with Crippen LogP contribution in [0.4, 0.5) is 8.78 Å². The summed E-state index contributed by atoms with van der Waals surface area (Å²) in [6, 6.07) is 0. The molecule has 6 heteroatoms. The molecule has 108 valence electrons. The molecule has 0 rings (SSSR count). The van der Waals surface area contributed by atoms with Gasteiger partial charge in [0.25, 0.3) is 6.43 Å². The van der Waals surface area contributed by atoms with E-state index in [0.717, 1.165) is 19.3 Å². The molecule has 0 aromatic carbocycles. The molecule has 0 aliphatic heterocycles. The molecular weight excluding hydrogens is 242 g/mol. The summed E-state index contributed by atoms with van der Waals surface area (Å²) in [5, 5.41) is 2.78. The highest BCUT2D eigenvalue weighted by molar-refractivity contribution is 5.75. The summed E-state index contributed by atoms with van der Waals surface area (Å²) in [6.45, 7) is 2.71. The van der Waals surface area contributed by atoms with Crippen molar-refractivity contribution in [3.05, 3.63) is 0 Å². The van der Waals surface area contributed by atoms with Gasteiger partial charge in [0.05, 0.1) is 6.61 Å². The fourth-order valence-corrected chi connectivity index (χ4v) is 1.68. The number of halogens is 2. The number of rotatable bonds is 11. The molecule has 0 heterocycles. The minimum absolute atomic E-state index is 0.0332. The predicted molar refractivity (Wildman–Crippen MR) is 66.5 cm³/mol. The van der Waals surface area contributed by atoms with E-state index in [1.807, 2.05) is 0 Å². The van der Waals surface area contributed by atoms with Crippen molar-refractivity contribution in [3.63, 3.8) is 0 Å². The van der Waals surface area contributed by atoms with Crippen LogP contribution in [0.25, 0.3) is 0 Å². The quantitative estimate of drug-likeness (QED) is 0.558. The molecule has 0 fully saturated rings. The van der Waals surface area contributed by atoms with Gasteiger partial charge in [0.2, 0.25) is 5.91 Å². The third kappa shape index (κ3) is 10.4. The van der Waals surface area contributed by atoms with Crippen LogP contribution < -0.4 is 11.1 Å². The van der Waals surface area contributed by atoms with Gasteiger partial charge in [0.15, 0.2) is 0 Å². The fraction of sp³-hybridized carbons (Fsp3) is 0.917. The lowest BCUT2D eigenvalue weighted by atomic mass is 10.00. The summed E-state index contributed by atoms with van der Waals surface area (Å²) < 4.78 is 28.1. The van der Waals surface area contributed by atoms with Crippen LogP contribution in [-0.4, -0.2) is 38.6 Å². The van der Waals surface area contributed by atoms with Crippen LogP contribution in [-0.2, 0) is 9.53 Å². The van der Waals surface area contributed by atoms with E-state index in [2.05, 4.69) is 17.0 Å². The first kappa shape index (κ1) is 17.2. The zero-order valence-corrected chi connectivity index (χ0v) is 11.0. The van der Waals surface area contributed by atoms with Crippen molar-refractivity contribution >= 4 is 5.91 Å². The van der Waals surface area contributed by atoms with Crippen LogP contribution in [0.5, 0.6) is 0 Å². The number of carbonyl (C=O) groups excluding carboxylic acids is 1. The van der Waals surface area contributed by atoms with Gasteiger partial charge in [-0.15, -0.1) is 0 Å². The fourth-order valence-electron chi connectivity index (χ4n) is 1.68. The molecule has 0 aliphatic rings. The summed E-state index contributed by atoms with van der Waals surface area (Å²) in [4.78, 5) is 11.4. The number of nitrogens with one attached hydrogen (secondary N) is 1. The van der Waals surface area contributed by atoms with Gasteiger partial charge < -0.3 is 15.8 Å². The van der Waals surface area contributed by atoms with Crippen LogP contribution in [0.15, 0.2) is 0 Å². The Kier molecular flexibility index (Phi) is 10.9. The highest BCUT2D eigenvalue weighted by Crippen LogP contribution is 2.08. The zero-order valence-electron chi connectivity index (χ0n) is 11.0. The van der Waals surface area contributed by atoms with Crippen LogP contribution in [0.2, 0.25) is 0 Å². The Hall–Kier alpha value is -0.750. The Labute approximate surface area is 107 Å². The van der Waals surface area contributed by atoms with Gasteiger partial charge in [-0.05, 0) is 25.3 Å². The zero-order chi connectivity index (χ0) is 13.8.